The lowest BCUT2D eigenvalue weighted by Crippen LogP contribution is -2.09. The molecule has 0 aliphatic carbocycles. The highest BCUT2D eigenvalue weighted by atomic mass is 14.9. The van der Waals surface area contributed by atoms with Gasteiger partial charge in [-0.1, -0.05) is 39.8 Å². The van der Waals surface area contributed by atoms with E-state index in [9.17, 15) is 0 Å². The molecule has 0 radical (unpaired) electrons. The zero-order valence-corrected chi connectivity index (χ0v) is 11.4. The zero-order valence-electron chi connectivity index (χ0n) is 11.4. The highest BCUT2D eigenvalue weighted by Gasteiger charge is 1.93. The Hall–Kier alpha value is -0.980. The van der Waals surface area contributed by atoms with Gasteiger partial charge in [0.2, 0.25) is 0 Å². The summed E-state index contributed by atoms with van der Waals surface area (Å²) in [5.41, 5.74) is 2.51. The van der Waals surface area contributed by atoms with Crippen molar-refractivity contribution in [2.75, 3.05) is 5.32 Å². The van der Waals surface area contributed by atoms with Crippen LogP contribution in [0.2, 0.25) is 0 Å². The van der Waals surface area contributed by atoms with Gasteiger partial charge < -0.3 is 5.32 Å². The molecule has 88 valence electrons. The molecule has 0 atom stereocenters. The smallest absolute Gasteiger partial charge is 0.0344 e. The van der Waals surface area contributed by atoms with Gasteiger partial charge in [0.1, 0.15) is 0 Å². The van der Waals surface area contributed by atoms with Crippen LogP contribution in [0.3, 0.4) is 0 Å². The summed E-state index contributed by atoms with van der Waals surface area (Å²) >= 11 is 0. The lowest BCUT2D eigenvalue weighted by molar-refractivity contribution is 0.899. The zero-order chi connectivity index (χ0) is 12.3. The molecular formula is C14H27N. The minimum absolute atomic E-state index is 0.511. The molecule has 0 amide bonds. The molecule has 0 heterocycles. The van der Waals surface area contributed by atoms with E-state index >= 15 is 0 Å². The monoisotopic (exact) mass is 209 g/mol. The molecule has 0 saturated carbocycles. The molecule has 1 N–H and O–H groups in total. The SMILES string of the molecule is CC.CC.Cc1cccc(NC(C)C)c1. The van der Waals surface area contributed by atoms with Gasteiger partial charge in [0.25, 0.3) is 0 Å². The Morgan fingerprint density at radius 3 is 1.93 bits per heavy atom. The summed E-state index contributed by atoms with van der Waals surface area (Å²) in [6, 6.07) is 8.93. The number of hydrogen-bond acceptors (Lipinski definition) is 1. The van der Waals surface area contributed by atoms with Crippen LogP contribution < -0.4 is 5.32 Å². The Morgan fingerprint density at radius 2 is 1.53 bits per heavy atom. The van der Waals surface area contributed by atoms with Crippen molar-refractivity contribution in [1.82, 2.24) is 0 Å². The third-order valence-electron chi connectivity index (χ3n) is 1.47. The second kappa shape index (κ2) is 11.1. The Labute approximate surface area is 95.9 Å². The van der Waals surface area contributed by atoms with Crippen molar-refractivity contribution in [2.45, 2.75) is 54.5 Å². The Kier molecular flexibility index (Phi) is 12.2. The molecule has 0 aliphatic rings. The molecule has 0 fully saturated rings. The first-order valence-electron chi connectivity index (χ1n) is 6.01. The maximum absolute atomic E-state index is 3.35. The molecule has 0 unspecified atom stereocenters. The molecule has 15 heavy (non-hydrogen) atoms. The van der Waals surface area contributed by atoms with Crippen LogP contribution in [0.15, 0.2) is 24.3 Å². The number of anilines is 1. The van der Waals surface area contributed by atoms with E-state index in [1.807, 2.05) is 27.7 Å². The first kappa shape index (κ1) is 16.4. The minimum atomic E-state index is 0.511. The average molecular weight is 209 g/mol. The van der Waals surface area contributed by atoms with Gasteiger partial charge in [-0.25, -0.2) is 0 Å². The van der Waals surface area contributed by atoms with Crippen molar-refractivity contribution >= 4 is 5.69 Å². The van der Waals surface area contributed by atoms with Crippen molar-refractivity contribution in [3.05, 3.63) is 29.8 Å². The van der Waals surface area contributed by atoms with Crippen molar-refractivity contribution in [2.24, 2.45) is 0 Å². The lowest BCUT2D eigenvalue weighted by atomic mass is 10.2. The maximum Gasteiger partial charge on any atom is 0.0344 e. The minimum Gasteiger partial charge on any atom is -0.383 e. The Balaban J connectivity index is 0. The first-order chi connectivity index (χ1) is 7.18. The van der Waals surface area contributed by atoms with E-state index in [0.29, 0.717) is 6.04 Å². The predicted molar refractivity (Wildman–Crippen MR) is 72.6 cm³/mol. The van der Waals surface area contributed by atoms with Crippen LogP contribution in [0.1, 0.15) is 47.1 Å². The van der Waals surface area contributed by atoms with Crippen LogP contribution in [0.4, 0.5) is 5.69 Å². The third-order valence-corrected chi connectivity index (χ3v) is 1.47. The summed E-state index contributed by atoms with van der Waals surface area (Å²) in [4.78, 5) is 0. The second-order valence-electron chi connectivity index (χ2n) is 3.17. The van der Waals surface area contributed by atoms with Crippen molar-refractivity contribution in [3.63, 3.8) is 0 Å². The molecule has 1 heteroatoms. The summed E-state index contributed by atoms with van der Waals surface area (Å²) in [6.07, 6.45) is 0. The van der Waals surface area contributed by atoms with Crippen LogP contribution >= 0.6 is 0 Å². The number of aryl methyl sites for hydroxylation is 1. The molecule has 0 bridgehead atoms. The summed E-state index contributed by atoms with van der Waals surface area (Å²) in [7, 11) is 0. The van der Waals surface area contributed by atoms with E-state index in [2.05, 4.69) is 50.4 Å². The second-order valence-corrected chi connectivity index (χ2v) is 3.17. The normalized spacial score (nSPS) is 8.27. The largest absolute Gasteiger partial charge is 0.383 e. The van der Waals surface area contributed by atoms with Crippen LogP contribution in [-0.4, -0.2) is 6.04 Å². The fourth-order valence-corrected chi connectivity index (χ4v) is 1.07. The lowest BCUT2D eigenvalue weighted by Gasteiger charge is -2.09. The Bertz CT molecular complexity index is 229. The summed E-state index contributed by atoms with van der Waals surface area (Å²) in [5.74, 6) is 0. The summed E-state index contributed by atoms with van der Waals surface area (Å²) < 4.78 is 0. The first-order valence-corrected chi connectivity index (χ1v) is 6.01. The van der Waals surface area contributed by atoms with Gasteiger partial charge in [-0.3, -0.25) is 0 Å². The molecule has 1 nitrogen and oxygen atoms in total. The summed E-state index contributed by atoms with van der Waals surface area (Å²) in [5, 5.41) is 3.35. The number of rotatable bonds is 2. The third kappa shape index (κ3) is 9.33. The van der Waals surface area contributed by atoms with Crippen LogP contribution in [0.25, 0.3) is 0 Å². The Morgan fingerprint density at radius 1 is 1.00 bits per heavy atom. The molecule has 1 aromatic carbocycles. The topological polar surface area (TPSA) is 12.0 Å². The van der Waals surface area contributed by atoms with Gasteiger partial charge in [-0.2, -0.15) is 0 Å². The van der Waals surface area contributed by atoms with E-state index in [-0.39, 0.29) is 0 Å². The van der Waals surface area contributed by atoms with Gasteiger partial charge in [0.15, 0.2) is 0 Å². The van der Waals surface area contributed by atoms with Crippen LogP contribution in [0, 0.1) is 6.92 Å². The average Bonchev–Trinajstić information content (AvgIpc) is 2.23. The highest BCUT2D eigenvalue weighted by Crippen LogP contribution is 2.10. The van der Waals surface area contributed by atoms with Gasteiger partial charge in [-0.15, -0.1) is 0 Å². The fourth-order valence-electron chi connectivity index (χ4n) is 1.07. The van der Waals surface area contributed by atoms with Gasteiger partial charge >= 0.3 is 0 Å². The molecule has 1 rings (SSSR count). The van der Waals surface area contributed by atoms with E-state index in [1.54, 1.807) is 0 Å². The van der Waals surface area contributed by atoms with Crippen molar-refractivity contribution < 1.29 is 0 Å². The molecule has 0 aromatic heterocycles. The van der Waals surface area contributed by atoms with Gasteiger partial charge in [0, 0.05) is 11.7 Å². The maximum atomic E-state index is 3.35. The van der Waals surface area contributed by atoms with E-state index < -0.39 is 0 Å². The van der Waals surface area contributed by atoms with Crippen molar-refractivity contribution in [1.29, 1.82) is 0 Å². The van der Waals surface area contributed by atoms with Gasteiger partial charge in [-0.05, 0) is 38.5 Å². The standard InChI is InChI=1S/C10H15N.2C2H6/c1-8(2)11-10-6-4-5-9(3)7-10;2*1-2/h4-8,11H,1-3H3;2*1-2H3. The van der Waals surface area contributed by atoms with Crippen LogP contribution in [-0.2, 0) is 0 Å². The molecule has 0 saturated heterocycles. The number of benzene rings is 1. The van der Waals surface area contributed by atoms with Crippen LogP contribution in [0.5, 0.6) is 0 Å². The molecular weight excluding hydrogens is 182 g/mol. The van der Waals surface area contributed by atoms with E-state index in [4.69, 9.17) is 0 Å². The number of hydrogen-bond donors (Lipinski definition) is 1. The van der Waals surface area contributed by atoms with Gasteiger partial charge in [0.05, 0.1) is 0 Å². The van der Waals surface area contributed by atoms with E-state index in [0.717, 1.165) is 0 Å². The van der Waals surface area contributed by atoms with E-state index in [1.165, 1.54) is 11.3 Å². The quantitative estimate of drug-likeness (QED) is 0.733. The molecule has 0 aliphatic heterocycles. The summed E-state index contributed by atoms with van der Waals surface area (Å²) in [6.45, 7) is 14.4. The molecule has 0 spiro atoms. The molecule has 1 aromatic rings. The number of nitrogens with one attached hydrogen (secondary N) is 1. The predicted octanol–water partition coefficient (Wildman–Crippen LogP) is 4.87. The van der Waals surface area contributed by atoms with Crippen molar-refractivity contribution in [3.8, 4) is 0 Å². The fraction of sp³-hybridized carbons (Fsp3) is 0.571. The highest BCUT2D eigenvalue weighted by molar-refractivity contribution is 5.45.